The molecule has 0 bridgehead atoms. The molecule has 1 aromatic heterocycles. The average molecular weight is 349 g/mol. The number of hydrogen-bond acceptors (Lipinski definition) is 4. The maximum absolute atomic E-state index is 12.8. The fourth-order valence-corrected chi connectivity index (χ4v) is 3.41. The highest BCUT2D eigenvalue weighted by Gasteiger charge is 2.31. The van der Waals surface area contributed by atoms with E-state index in [9.17, 15) is 4.79 Å². The van der Waals surface area contributed by atoms with Gasteiger partial charge in [-0.1, -0.05) is 23.7 Å². The van der Waals surface area contributed by atoms with E-state index in [0.717, 1.165) is 19.3 Å². The standard InChI is InChI=1S/C17H21ClN4O2/c1-12-19-16(20-22(12)15-9-3-2-8-14(15)18)17(24)21-10-4-6-13(21)7-5-11-23/h2-3,8-9,13,23H,4-7,10-11H2,1H3. The number of likely N-dealkylation sites (tertiary alicyclic amines) is 1. The van der Waals surface area contributed by atoms with Crippen molar-refractivity contribution in [3.8, 4) is 5.69 Å². The fraction of sp³-hybridized carbons (Fsp3) is 0.471. The molecular formula is C17H21ClN4O2. The fourth-order valence-electron chi connectivity index (χ4n) is 3.19. The maximum Gasteiger partial charge on any atom is 0.293 e. The van der Waals surface area contributed by atoms with Crippen LogP contribution in [0, 0.1) is 6.92 Å². The lowest BCUT2D eigenvalue weighted by molar-refractivity contribution is 0.0712. The van der Waals surface area contributed by atoms with E-state index in [0.29, 0.717) is 29.5 Å². The first kappa shape index (κ1) is 16.9. The molecule has 1 aliphatic heterocycles. The number of rotatable bonds is 5. The van der Waals surface area contributed by atoms with Gasteiger partial charge in [0.15, 0.2) is 0 Å². The van der Waals surface area contributed by atoms with E-state index in [-0.39, 0.29) is 24.4 Å². The predicted octanol–water partition coefficient (Wildman–Crippen LogP) is 2.61. The van der Waals surface area contributed by atoms with Crippen molar-refractivity contribution in [1.82, 2.24) is 19.7 Å². The van der Waals surface area contributed by atoms with Gasteiger partial charge in [-0.15, -0.1) is 5.10 Å². The highest BCUT2D eigenvalue weighted by molar-refractivity contribution is 6.32. The largest absolute Gasteiger partial charge is 0.396 e. The van der Waals surface area contributed by atoms with Crippen molar-refractivity contribution in [2.75, 3.05) is 13.2 Å². The van der Waals surface area contributed by atoms with Gasteiger partial charge in [0, 0.05) is 19.2 Å². The zero-order valence-corrected chi connectivity index (χ0v) is 14.4. The Morgan fingerprint density at radius 1 is 1.42 bits per heavy atom. The van der Waals surface area contributed by atoms with Gasteiger partial charge in [0.05, 0.1) is 10.7 Å². The van der Waals surface area contributed by atoms with Crippen LogP contribution in [0.5, 0.6) is 0 Å². The Hall–Kier alpha value is -1.92. The summed E-state index contributed by atoms with van der Waals surface area (Å²) in [5.74, 6) is 0.671. The number of hydrogen-bond donors (Lipinski definition) is 1. The van der Waals surface area contributed by atoms with Crippen LogP contribution in [0.2, 0.25) is 5.02 Å². The molecule has 1 atom stereocenters. The highest BCUT2D eigenvalue weighted by atomic mass is 35.5. The summed E-state index contributed by atoms with van der Waals surface area (Å²) < 4.78 is 1.61. The summed E-state index contributed by atoms with van der Waals surface area (Å²) in [6, 6.07) is 7.51. The van der Waals surface area contributed by atoms with Crippen LogP contribution in [0.4, 0.5) is 0 Å². The predicted molar refractivity (Wildman–Crippen MR) is 91.5 cm³/mol. The van der Waals surface area contributed by atoms with E-state index in [1.54, 1.807) is 17.7 Å². The number of aromatic nitrogens is 3. The Balaban J connectivity index is 1.84. The molecule has 1 amide bonds. The molecule has 3 rings (SSSR count). The van der Waals surface area contributed by atoms with Crippen LogP contribution in [0.1, 0.15) is 42.1 Å². The number of halogens is 1. The number of carbonyl (C=O) groups is 1. The van der Waals surface area contributed by atoms with Crippen LogP contribution in [-0.4, -0.2) is 49.9 Å². The molecule has 2 heterocycles. The van der Waals surface area contributed by atoms with Crippen LogP contribution in [0.3, 0.4) is 0 Å². The number of benzene rings is 1. The van der Waals surface area contributed by atoms with Gasteiger partial charge in [-0.2, -0.15) is 0 Å². The monoisotopic (exact) mass is 348 g/mol. The Labute approximate surface area is 146 Å². The van der Waals surface area contributed by atoms with Gasteiger partial charge < -0.3 is 10.0 Å². The van der Waals surface area contributed by atoms with Crippen molar-refractivity contribution in [1.29, 1.82) is 0 Å². The number of aryl methyl sites for hydroxylation is 1. The molecule has 1 fully saturated rings. The summed E-state index contributed by atoms with van der Waals surface area (Å²) in [7, 11) is 0. The van der Waals surface area contributed by atoms with Crippen molar-refractivity contribution in [3.05, 3.63) is 40.9 Å². The molecule has 24 heavy (non-hydrogen) atoms. The van der Waals surface area contributed by atoms with Crippen LogP contribution in [-0.2, 0) is 0 Å². The molecular weight excluding hydrogens is 328 g/mol. The minimum atomic E-state index is -0.149. The van der Waals surface area contributed by atoms with Gasteiger partial charge in [0.1, 0.15) is 5.82 Å². The molecule has 2 aromatic rings. The summed E-state index contributed by atoms with van der Waals surface area (Å²) in [6.45, 7) is 2.67. The van der Waals surface area contributed by atoms with Gasteiger partial charge in [0.25, 0.3) is 5.91 Å². The lowest BCUT2D eigenvalue weighted by Gasteiger charge is -2.23. The molecule has 0 aliphatic carbocycles. The normalized spacial score (nSPS) is 17.5. The lowest BCUT2D eigenvalue weighted by atomic mass is 10.1. The van der Waals surface area contributed by atoms with Gasteiger partial charge in [-0.3, -0.25) is 4.79 Å². The average Bonchev–Trinajstić information content (AvgIpc) is 3.19. The molecule has 1 aliphatic rings. The molecule has 0 spiro atoms. The molecule has 0 saturated carbocycles. The van der Waals surface area contributed by atoms with Crippen LogP contribution < -0.4 is 0 Å². The summed E-state index contributed by atoms with van der Waals surface area (Å²) in [5, 5.41) is 14.0. The molecule has 1 unspecified atom stereocenters. The quantitative estimate of drug-likeness (QED) is 0.901. The number of aliphatic hydroxyl groups excluding tert-OH is 1. The SMILES string of the molecule is Cc1nc(C(=O)N2CCCC2CCCO)nn1-c1ccccc1Cl. The van der Waals surface area contributed by atoms with Gasteiger partial charge >= 0.3 is 0 Å². The topological polar surface area (TPSA) is 71.2 Å². The number of carbonyl (C=O) groups excluding carboxylic acids is 1. The van der Waals surface area contributed by atoms with E-state index in [1.165, 1.54) is 0 Å². The summed E-state index contributed by atoms with van der Waals surface area (Å²) in [4.78, 5) is 19.0. The molecule has 7 heteroatoms. The smallest absolute Gasteiger partial charge is 0.293 e. The molecule has 0 radical (unpaired) electrons. The van der Waals surface area contributed by atoms with Crippen LogP contribution in [0.15, 0.2) is 24.3 Å². The molecule has 6 nitrogen and oxygen atoms in total. The number of amides is 1. The third-order valence-corrected chi connectivity index (χ3v) is 4.69. The number of aliphatic hydroxyl groups is 1. The number of nitrogens with zero attached hydrogens (tertiary/aromatic N) is 4. The second-order valence-electron chi connectivity index (χ2n) is 6.01. The summed E-state index contributed by atoms with van der Waals surface area (Å²) in [6.07, 6.45) is 3.46. The number of para-hydroxylation sites is 1. The van der Waals surface area contributed by atoms with E-state index >= 15 is 0 Å². The molecule has 1 N–H and O–H groups in total. The Bertz CT molecular complexity index is 731. The van der Waals surface area contributed by atoms with Crippen LogP contribution in [0.25, 0.3) is 5.69 Å². The minimum absolute atomic E-state index is 0.149. The summed E-state index contributed by atoms with van der Waals surface area (Å²) in [5.41, 5.74) is 0.710. The Morgan fingerprint density at radius 3 is 2.96 bits per heavy atom. The molecule has 128 valence electrons. The van der Waals surface area contributed by atoms with Crippen molar-refractivity contribution in [3.63, 3.8) is 0 Å². The van der Waals surface area contributed by atoms with Crippen molar-refractivity contribution in [2.45, 2.75) is 38.6 Å². The second-order valence-corrected chi connectivity index (χ2v) is 6.41. The Morgan fingerprint density at radius 2 is 2.21 bits per heavy atom. The van der Waals surface area contributed by atoms with Crippen molar-refractivity contribution >= 4 is 17.5 Å². The molecule has 1 aromatic carbocycles. The zero-order chi connectivity index (χ0) is 17.1. The van der Waals surface area contributed by atoms with Crippen molar-refractivity contribution < 1.29 is 9.90 Å². The molecule has 1 saturated heterocycles. The third-order valence-electron chi connectivity index (χ3n) is 4.37. The van der Waals surface area contributed by atoms with E-state index < -0.39 is 0 Å². The van der Waals surface area contributed by atoms with Gasteiger partial charge in [-0.25, -0.2) is 9.67 Å². The minimum Gasteiger partial charge on any atom is -0.396 e. The lowest BCUT2D eigenvalue weighted by Crippen LogP contribution is -2.36. The van der Waals surface area contributed by atoms with Gasteiger partial charge in [-0.05, 0) is 44.7 Å². The van der Waals surface area contributed by atoms with E-state index in [4.69, 9.17) is 16.7 Å². The second kappa shape index (κ2) is 7.32. The first-order valence-corrected chi connectivity index (χ1v) is 8.60. The maximum atomic E-state index is 12.8. The summed E-state index contributed by atoms with van der Waals surface area (Å²) >= 11 is 6.22. The third kappa shape index (κ3) is 3.30. The first-order valence-electron chi connectivity index (χ1n) is 8.22. The Kier molecular flexibility index (Phi) is 5.16. The first-order chi connectivity index (χ1) is 11.6. The zero-order valence-electron chi connectivity index (χ0n) is 13.7. The highest BCUT2D eigenvalue weighted by Crippen LogP contribution is 2.24. The van der Waals surface area contributed by atoms with Crippen molar-refractivity contribution in [2.24, 2.45) is 0 Å². The van der Waals surface area contributed by atoms with Gasteiger partial charge in [0.2, 0.25) is 5.82 Å². The van der Waals surface area contributed by atoms with Crippen LogP contribution >= 0.6 is 11.6 Å². The van der Waals surface area contributed by atoms with E-state index in [1.807, 2.05) is 23.1 Å². The van der Waals surface area contributed by atoms with E-state index in [2.05, 4.69) is 10.1 Å².